The molecule has 0 saturated heterocycles. The molecule has 1 aromatic rings. The number of allylic oxidation sites excluding steroid dienone is 1. The molecule has 0 aliphatic carbocycles. The molecule has 64 valence electrons. The van der Waals surface area contributed by atoms with Crippen molar-refractivity contribution >= 4 is 11.9 Å². The Hall–Kier alpha value is -1.31. The van der Waals surface area contributed by atoms with Crippen molar-refractivity contribution in [3.63, 3.8) is 0 Å². The third-order valence-corrected chi connectivity index (χ3v) is 1.71. The summed E-state index contributed by atoms with van der Waals surface area (Å²) >= 11 is 0. The second-order valence-electron chi connectivity index (χ2n) is 3.00. The molecule has 0 aromatic carbocycles. The lowest BCUT2D eigenvalue weighted by atomic mass is 10.0. The summed E-state index contributed by atoms with van der Waals surface area (Å²) in [6.45, 7) is 7.66. The molecule has 0 N–H and O–H groups in total. The summed E-state index contributed by atoms with van der Waals surface area (Å²) in [4.78, 5) is 10.4. The van der Waals surface area contributed by atoms with Crippen LogP contribution >= 0.6 is 0 Å². The summed E-state index contributed by atoms with van der Waals surface area (Å²) in [5, 5.41) is 0. The Labute approximate surface area is 71.9 Å². The normalized spacial score (nSPS) is 10.2. The van der Waals surface area contributed by atoms with E-state index in [1.165, 1.54) is 0 Å². The van der Waals surface area contributed by atoms with Crippen molar-refractivity contribution in [2.24, 2.45) is 0 Å². The lowest BCUT2D eigenvalue weighted by Gasteiger charge is -2.03. The van der Waals surface area contributed by atoms with Crippen molar-refractivity contribution < 1.29 is 9.21 Å². The molecule has 0 fully saturated rings. The fraction of sp³-hybridized carbons (Fsp3) is 0.300. The molecule has 0 bridgehead atoms. The van der Waals surface area contributed by atoms with Crippen LogP contribution in [0.2, 0.25) is 0 Å². The molecule has 0 aliphatic heterocycles. The SMILES string of the molecule is C=C(C=O)c1ccoc1C(C)C. The van der Waals surface area contributed by atoms with Crippen LogP contribution in [-0.2, 0) is 4.79 Å². The number of hydrogen-bond donors (Lipinski definition) is 0. The van der Waals surface area contributed by atoms with Crippen LogP contribution in [0.4, 0.5) is 0 Å². The van der Waals surface area contributed by atoms with Crippen LogP contribution in [0.25, 0.3) is 5.57 Å². The maximum atomic E-state index is 10.4. The van der Waals surface area contributed by atoms with Gasteiger partial charge in [0, 0.05) is 17.1 Å². The van der Waals surface area contributed by atoms with Gasteiger partial charge < -0.3 is 4.42 Å². The smallest absolute Gasteiger partial charge is 0.150 e. The zero-order valence-corrected chi connectivity index (χ0v) is 7.33. The zero-order valence-electron chi connectivity index (χ0n) is 7.33. The molecule has 2 nitrogen and oxygen atoms in total. The Kier molecular flexibility index (Phi) is 2.48. The van der Waals surface area contributed by atoms with Crippen LogP contribution in [0.15, 0.2) is 23.3 Å². The molecule has 0 aliphatic rings. The van der Waals surface area contributed by atoms with Crippen LogP contribution in [0.1, 0.15) is 31.1 Å². The van der Waals surface area contributed by atoms with Gasteiger partial charge in [-0.2, -0.15) is 0 Å². The first kappa shape index (κ1) is 8.78. The Morgan fingerprint density at radius 2 is 2.33 bits per heavy atom. The van der Waals surface area contributed by atoms with Crippen molar-refractivity contribution in [1.29, 1.82) is 0 Å². The fourth-order valence-corrected chi connectivity index (χ4v) is 1.10. The molecule has 0 spiro atoms. The van der Waals surface area contributed by atoms with Gasteiger partial charge in [-0.15, -0.1) is 0 Å². The summed E-state index contributed by atoms with van der Waals surface area (Å²) in [6.07, 6.45) is 2.33. The first-order valence-corrected chi connectivity index (χ1v) is 3.88. The molecule has 12 heavy (non-hydrogen) atoms. The Balaban J connectivity index is 3.07. The number of carbonyl (C=O) groups is 1. The van der Waals surface area contributed by atoms with Gasteiger partial charge in [-0.1, -0.05) is 20.4 Å². The average molecular weight is 164 g/mol. The van der Waals surface area contributed by atoms with Crippen molar-refractivity contribution in [1.82, 2.24) is 0 Å². The molecule has 1 aromatic heterocycles. The van der Waals surface area contributed by atoms with E-state index in [0.717, 1.165) is 17.6 Å². The molecule has 0 radical (unpaired) electrons. The molecule has 2 heteroatoms. The maximum absolute atomic E-state index is 10.4. The topological polar surface area (TPSA) is 30.2 Å². The molecule has 0 atom stereocenters. The average Bonchev–Trinajstić information content (AvgIpc) is 2.50. The number of carbonyl (C=O) groups excluding carboxylic acids is 1. The lowest BCUT2D eigenvalue weighted by molar-refractivity contribution is -0.103. The van der Waals surface area contributed by atoms with E-state index in [2.05, 4.69) is 6.58 Å². The fourth-order valence-electron chi connectivity index (χ4n) is 1.10. The van der Waals surface area contributed by atoms with E-state index in [9.17, 15) is 4.79 Å². The van der Waals surface area contributed by atoms with Crippen molar-refractivity contribution in [3.8, 4) is 0 Å². The first-order valence-electron chi connectivity index (χ1n) is 3.88. The Morgan fingerprint density at radius 3 is 2.83 bits per heavy atom. The highest BCUT2D eigenvalue weighted by atomic mass is 16.3. The molecule has 1 heterocycles. The number of furan rings is 1. The van der Waals surface area contributed by atoms with Crippen LogP contribution in [0.5, 0.6) is 0 Å². The maximum Gasteiger partial charge on any atom is 0.150 e. The largest absolute Gasteiger partial charge is 0.468 e. The predicted octanol–water partition coefficient (Wildman–Crippen LogP) is 2.62. The standard InChI is InChI=1S/C10H12O2/c1-7(2)10-9(4-5-12-10)8(3)6-11/h4-7H,3H2,1-2H3. The molecule has 0 amide bonds. The first-order chi connectivity index (χ1) is 5.66. The Bertz CT molecular complexity index is 295. The number of hydrogen-bond acceptors (Lipinski definition) is 2. The summed E-state index contributed by atoms with van der Waals surface area (Å²) < 4.78 is 5.23. The summed E-state index contributed by atoms with van der Waals surface area (Å²) in [7, 11) is 0. The Morgan fingerprint density at radius 1 is 1.67 bits per heavy atom. The predicted molar refractivity (Wildman–Crippen MR) is 47.9 cm³/mol. The summed E-state index contributed by atoms with van der Waals surface area (Å²) in [5.41, 5.74) is 1.30. The van der Waals surface area contributed by atoms with Crippen LogP contribution < -0.4 is 0 Å². The van der Waals surface area contributed by atoms with Gasteiger partial charge in [-0.05, 0) is 6.07 Å². The number of rotatable bonds is 3. The van der Waals surface area contributed by atoms with E-state index >= 15 is 0 Å². The second-order valence-corrected chi connectivity index (χ2v) is 3.00. The summed E-state index contributed by atoms with van der Waals surface area (Å²) in [6, 6.07) is 1.77. The highest BCUT2D eigenvalue weighted by Gasteiger charge is 2.11. The monoisotopic (exact) mass is 164 g/mol. The number of aldehydes is 1. The highest BCUT2D eigenvalue weighted by molar-refractivity contribution is 6.06. The zero-order chi connectivity index (χ0) is 9.14. The van der Waals surface area contributed by atoms with E-state index in [0.29, 0.717) is 5.57 Å². The minimum absolute atomic E-state index is 0.284. The molecule has 0 saturated carbocycles. The third-order valence-electron chi connectivity index (χ3n) is 1.71. The van der Waals surface area contributed by atoms with Crippen LogP contribution in [0, 0.1) is 0 Å². The van der Waals surface area contributed by atoms with Gasteiger partial charge in [0.1, 0.15) is 12.0 Å². The van der Waals surface area contributed by atoms with Crippen molar-refractivity contribution in [2.45, 2.75) is 19.8 Å². The molecule has 0 unspecified atom stereocenters. The van der Waals surface area contributed by atoms with E-state index < -0.39 is 0 Å². The minimum Gasteiger partial charge on any atom is -0.468 e. The molecule has 1 rings (SSSR count). The van der Waals surface area contributed by atoms with Gasteiger partial charge >= 0.3 is 0 Å². The quantitative estimate of drug-likeness (QED) is 0.507. The van der Waals surface area contributed by atoms with Gasteiger partial charge in [-0.25, -0.2) is 0 Å². The lowest BCUT2D eigenvalue weighted by Crippen LogP contribution is -1.90. The van der Waals surface area contributed by atoms with Crippen LogP contribution in [-0.4, -0.2) is 6.29 Å². The van der Waals surface area contributed by atoms with Gasteiger partial charge in [0.15, 0.2) is 0 Å². The molecular weight excluding hydrogens is 152 g/mol. The molecular formula is C10H12O2. The third kappa shape index (κ3) is 1.47. The van der Waals surface area contributed by atoms with Gasteiger partial charge in [-0.3, -0.25) is 4.79 Å². The highest BCUT2D eigenvalue weighted by Crippen LogP contribution is 2.24. The van der Waals surface area contributed by atoms with E-state index in [1.54, 1.807) is 12.3 Å². The van der Waals surface area contributed by atoms with E-state index in [1.807, 2.05) is 13.8 Å². The van der Waals surface area contributed by atoms with E-state index in [-0.39, 0.29) is 5.92 Å². The van der Waals surface area contributed by atoms with Crippen molar-refractivity contribution in [2.75, 3.05) is 0 Å². The summed E-state index contributed by atoms with van der Waals surface area (Å²) in [5.74, 6) is 1.11. The second kappa shape index (κ2) is 3.39. The van der Waals surface area contributed by atoms with Crippen molar-refractivity contribution in [3.05, 3.63) is 30.2 Å². The van der Waals surface area contributed by atoms with Crippen LogP contribution in [0.3, 0.4) is 0 Å². The van der Waals surface area contributed by atoms with E-state index in [4.69, 9.17) is 4.42 Å². The van der Waals surface area contributed by atoms with Gasteiger partial charge in [0.05, 0.1) is 6.26 Å². The van der Waals surface area contributed by atoms with Gasteiger partial charge in [0.2, 0.25) is 0 Å². The van der Waals surface area contributed by atoms with Gasteiger partial charge in [0.25, 0.3) is 0 Å². The minimum atomic E-state index is 0.284.